The Labute approximate surface area is 81.8 Å². The minimum Gasteiger partial charge on any atom is -0.399 e. The van der Waals surface area contributed by atoms with Gasteiger partial charge in [0.25, 0.3) is 0 Å². The van der Waals surface area contributed by atoms with E-state index >= 15 is 0 Å². The number of aryl methyl sites for hydroxylation is 1. The second-order valence-corrected chi connectivity index (χ2v) is 3.24. The molecule has 0 aliphatic rings. The summed E-state index contributed by atoms with van der Waals surface area (Å²) < 4.78 is 2.02. The molecule has 0 saturated heterocycles. The van der Waals surface area contributed by atoms with E-state index < -0.39 is 0 Å². The molecule has 2 rings (SSSR count). The number of hydrogen-bond acceptors (Lipinski definition) is 2. The van der Waals surface area contributed by atoms with Crippen LogP contribution in [-0.2, 0) is 6.54 Å². The lowest BCUT2D eigenvalue weighted by atomic mass is 10.2. The van der Waals surface area contributed by atoms with Crippen LogP contribution in [0.3, 0.4) is 0 Å². The van der Waals surface area contributed by atoms with Crippen LogP contribution in [0.15, 0.2) is 35.3 Å². The van der Waals surface area contributed by atoms with Crippen molar-refractivity contribution < 1.29 is 0 Å². The SMILES string of the molecule is CCn1ccc(=O)c2cc(N)ccc21. The van der Waals surface area contributed by atoms with Gasteiger partial charge in [-0.05, 0) is 25.1 Å². The molecule has 0 aliphatic carbocycles. The normalized spacial score (nSPS) is 10.6. The van der Waals surface area contributed by atoms with Crippen molar-refractivity contribution >= 4 is 16.6 Å². The van der Waals surface area contributed by atoms with Crippen molar-refractivity contribution in [3.05, 3.63) is 40.7 Å². The first-order chi connectivity index (χ1) is 6.72. The van der Waals surface area contributed by atoms with Gasteiger partial charge in [0.2, 0.25) is 0 Å². The second kappa shape index (κ2) is 3.18. The molecule has 0 amide bonds. The molecule has 0 spiro atoms. The van der Waals surface area contributed by atoms with E-state index in [-0.39, 0.29) is 5.43 Å². The van der Waals surface area contributed by atoms with Gasteiger partial charge in [-0.1, -0.05) is 0 Å². The van der Waals surface area contributed by atoms with Gasteiger partial charge in [0.05, 0.1) is 5.52 Å². The van der Waals surface area contributed by atoms with Gasteiger partial charge in [-0.15, -0.1) is 0 Å². The van der Waals surface area contributed by atoms with E-state index in [4.69, 9.17) is 5.73 Å². The van der Waals surface area contributed by atoms with Crippen LogP contribution in [0.25, 0.3) is 10.9 Å². The molecule has 1 aromatic heterocycles. The van der Waals surface area contributed by atoms with Gasteiger partial charge in [0, 0.05) is 29.9 Å². The maximum absolute atomic E-state index is 11.5. The fourth-order valence-electron chi connectivity index (χ4n) is 1.60. The zero-order valence-electron chi connectivity index (χ0n) is 8.03. The van der Waals surface area contributed by atoms with Crippen molar-refractivity contribution in [1.82, 2.24) is 4.57 Å². The first-order valence-corrected chi connectivity index (χ1v) is 4.61. The molecule has 0 bridgehead atoms. The summed E-state index contributed by atoms with van der Waals surface area (Å²) in [4.78, 5) is 11.5. The third-order valence-electron chi connectivity index (χ3n) is 2.34. The fourth-order valence-corrected chi connectivity index (χ4v) is 1.60. The lowest BCUT2D eigenvalue weighted by molar-refractivity contribution is 0.788. The van der Waals surface area contributed by atoms with Gasteiger partial charge in [-0.2, -0.15) is 0 Å². The van der Waals surface area contributed by atoms with Gasteiger partial charge in [0.1, 0.15) is 0 Å². The van der Waals surface area contributed by atoms with Crippen molar-refractivity contribution in [2.45, 2.75) is 13.5 Å². The first kappa shape index (κ1) is 8.81. The highest BCUT2D eigenvalue weighted by Gasteiger charge is 2.01. The lowest BCUT2D eigenvalue weighted by Crippen LogP contribution is -2.07. The topological polar surface area (TPSA) is 48.0 Å². The average Bonchev–Trinajstić information content (AvgIpc) is 2.19. The van der Waals surface area contributed by atoms with Crippen LogP contribution >= 0.6 is 0 Å². The zero-order valence-corrected chi connectivity index (χ0v) is 8.03. The van der Waals surface area contributed by atoms with Crippen LogP contribution in [-0.4, -0.2) is 4.57 Å². The number of hydrogen-bond donors (Lipinski definition) is 1. The molecule has 72 valence electrons. The summed E-state index contributed by atoms with van der Waals surface area (Å²) in [6.45, 7) is 2.89. The number of nitrogen functional groups attached to an aromatic ring is 1. The predicted molar refractivity (Wildman–Crippen MR) is 58.3 cm³/mol. The van der Waals surface area contributed by atoms with Crippen molar-refractivity contribution in [3.63, 3.8) is 0 Å². The minimum atomic E-state index is 0.0250. The Bertz CT molecular complexity index is 528. The van der Waals surface area contributed by atoms with E-state index in [1.165, 1.54) is 0 Å². The fraction of sp³-hybridized carbons (Fsp3) is 0.182. The maximum Gasteiger partial charge on any atom is 0.189 e. The quantitative estimate of drug-likeness (QED) is 0.691. The van der Waals surface area contributed by atoms with E-state index in [1.807, 2.05) is 23.6 Å². The van der Waals surface area contributed by atoms with Crippen molar-refractivity contribution in [2.75, 3.05) is 5.73 Å². The van der Waals surface area contributed by atoms with Crippen LogP contribution in [0.4, 0.5) is 5.69 Å². The molecule has 0 aliphatic heterocycles. The number of nitrogens with zero attached hydrogens (tertiary/aromatic N) is 1. The van der Waals surface area contributed by atoms with Crippen molar-refractivity contribution in [2.24, 2.45) is 0 Å². The molecule has 1 aromatic carbocycles. The van der Waals surface area contributed by atoms with Crippen molar-refractivity contribution in [1.29, 1.82) is 0 Å². The second-order valence-electron chi connectivity index (χ2n) is 3.24. The maximum atomic E-state index is 11.5. The smallest absolute Gasteiger partial charge is 0.189 e. The highest BCUT2D eigenvalue weighted by molar-refractivity contribution is 5.82. The Morgan fingerprint density at radius 1 is 1.36 bits per heavy atom. The highest BCUT2D eigenvalue weighted by Crippen LogP contribution is 2.13. The van der Waals surface area contributed by atoms with Crippen molar-refractivity contribution in [3.8, 4) is 0 Å². The molecule has 0 fully saturated rings. The standard InChI is InChI=1S/C11H12N2O/c1-2-13-6-5-11(14)9-7-8(12)3-4-10(9)13/h3-7H,2,12H2,1H3. The van der Waals surface area contributed by atoms with E-state index in [2.05, 4.69) is 0 Å². The van der Waals surface area contributed by atoms with Gasteiger partial charge in [-0.3, -0.25) is 4.79 Å². The summed E-state index contributed by atoms with van der Waals surface area (Å²) in [6, 6.07) is 7.00. The van der Waals surface area contributed by atoms with Crippen LogP contribution in [0, 0.1) is 0 Å². The molecule has 0 radical (unpaired) electrons. The highest BCUT2D eigenvalue weighted by atomic mass is 16.1. The first-order valence-electron chi connectivity index (χ1n) is 4.61. The minimum absolute atomic E-state index is 0.0250. The molecule has 2 aromatic rings. The molecular weight excluding hydrogens is 176 g/mol. The third kappa shape index (κ3) is 1.27. The molecule has 0 saturated carbocycles. The number of fused-ring (bicyclic) bond motifs is 1. The van der Waals surface area contributed by atoms with E-state index in [9.17, 15) is 4.79 Å². The Morgan fingerprint density at radius 3 is 2.86 bits per heavy atom. The Kier molecular flexibility index (Phi) is 2.00. The number of rotatable bonds is 1. The molecule has 3 heteroatoms. The van der Waals surface area contributed by atoms with E-state index in [0.29, 0.717) is 11.1 Å². The largest absolute Gasteiger partial charge is 0.399 e. The molecule has 0 atom stereocenters. The predicted octanol–water partition coefficient (Wildman–Crippen LogP) is 1.60. The number of anilines is 1. The van der Waals surface area contributed by atoms with Crippen LogP contribution in [0.2, 0.25) is 0 Å². The molecule has 2 N–H and O–H groups in total. The zero-order chi connectivity index (χ0) is 10.1. The summed E-state index contributed by atoms with van der Waals surface area (Å²) in [5.41, 5.74) is 7.23. The summed E-state index contributed by atoms with van der Waals surface area (Å²) in [6.07, 6.45) is 1.81. The summed E-state index contributed by atoms with van der Waals surface area (Å²) in [5.74, 6) is 0. The van der Waals surface area contributed by atoms with E-state index in [0.717, 1.165) is 12.1 Å². The average molecular weight is 188 g/mol. The van der Waals surface area contributed by atoms with Crippen LogP contribution in [0.5, 0.6) is 0 Å². The summed E-state index contributed by atoms with van der Waals surface area (Å²) >= 11 is 0. The molecule has 3 nitrogen and oxygen atoms in total. The van der Waals surface area contributed by atoms with Gasteiger partial charge >= 0.3 is 0 Å². The Balaban J connectivity index is 2.91. The summed E-state index contributed by atoms with van der Waals surface area (Å²) in [7, 11) is 0. The number of pyridine rings is 1. The molecule has 1 heterocycles. The molecule has 0 unspecified atom stereocenters. The number of aromatic nitrogens is 1. The van der Waals surface area contributed by atoms with E-state index in [1.54, 1.807) is 18.3 Å². The van der Waals surface area contributed by atoms with Gasteiger partial charge < -0.3 is 10.3 Å². The molecule has 14 heavy (non-hydrogen) atoms. The Hall–Kier alpha value is -1.77. The monoisotopic (exact) mass is 188 g/mol. The van der Waals surface area contributed by atoms with Crippen LogP contribution < -0.4 is 11.2 Å². The number of nitrogens with two attached hydrogens (primary N) is 1. The lowest BCUT2D eigenvalue weighted by Gasteiger charge is -2.07. The van der Waals surface area contributed by atoms with Crippen LogP contribution in [0.1, 0.15) is 6.92 Å². The third-order valence-corrected chi connectivity index (χ3v) is 2.34. The Morgan fingerprint density at radius 2 is 2.14 bits per heavy atom. The van der Waals surface area contributed by atoms with Gasteiger partial charge in [-0.25, -0.2) is 0 Å². The summed E-state index contributed by atoms with van der Waals surface area (Å²) in [5, 5.41) is 0.689. The van der Waals surface area contributed by atoms with Gasteiger partial charge in [0.15, 0.2) is 5.43 Å². The number of benzene rings is 1. The molecular formula is C11H12N2O.